The highest BCUT2D eigenvalue weighted by molar-refractivity contribution is 7.08. The van der Waals surface area contributed by atoms with Crippen LogP contribution >= 0.6 is 11.3 Å². The second-order valence-electron chi connectivity index (χ2n) is 5.27. The van der Waals surface area contributed by atoms with Gasteiger partial charge in [-0.25, -0.2) is 4.79 Å². The summed E-state index contributed by atoms with van der Waals surface area (Å²) in [7, 11) is 1.56. The molecule has 1 amide bonds. The van der Waals surface area contributed by atoms with E-state index in [0.717, 1.165) is 11.1 Å². The monoisotopic (exact) mass is 317 g/mol. The molecule has 116 valence electrons. The Morgan fingerprint density at radius 2 is 1.91 bits per heavy atom. The number of benzene rings is 1. The molecule has 1 aromatic heterocycles. The Kier molecular flexibility index (Phi) is 5.33. The first kappa shape index (κ1) is 16.2. The molecular formula is C17H19NO3S. The Bertz CT molecular complexity index is 625. The first-order chi connectivity index (χ1) is 10.5. The second kappa shape index (κ2) is 7.22. The van der Waals surface area contributed by atoms with Gasteiger partial charge in [-0.1, -0.05) is 30.3 Å². The summed E-state index contributed by atoms with van der Waals surface area (Å²) in [5, 5.41) is 13.3. The summed E-state index contributed by atoms with van der Waals surface area (Å²) in [4.78, 5) is 25.5. The zero-order valence-electron chi connectivity index (χ0n) is 12.6. The van der Waals surface area contributed by atoms with Crippen molar-refractivity contribution >= 4 is 23.2 Å². The molecule has 1 heterocycles. The number of rotatable bonds is 6. The Morgan fingerprint density at radius 3 is 2.45 bits per heavy atom. The van der Waals surface area contributed by atoms with E-state index in [2.05, 4.69) is 0 Å². The summed E-state index contributed by atoms with van der Waals surface area (Å²) in [5.41, 5.74) is 1.82. The van der Waals surface area contributed by atoms with Crippen molar-refractivity contribution in [2.75, 3.05) is 7.05 Å². The van der Waals surface area contributed by atoms with E-state index in [1.54, 1.807) is 7.05 Å². The molecule has 1 N–H and O–H groups in total. The number of carbonyl (C=O) groups is 2. The molecular weight excluding hydrogens is 298 g/mol. The average Bonchev–Trinajstić information content (AvgIpc) is 3.05. The summed E-state index contributed by atoms with van der Waals surface area (Å²) >= 11 is 1.53. The fourth-order valence-corrected chi connectivity index (χ4v) is 3.10. The van der Waals surface area contributed by atoms with Crippen LogP contribution in [0.4, 0.5) is 0 Å². The van der Waals surface area contributed by atoms with Crippen LogP contribution in [0.1, 0.15) is 24.0 Å². The van der Waals surface area contributed by atoms with Gasteiger partial charge in [0.2, 0.25) is 5.91 Å². The van der Waals surface area contributed by atoms with Gasteiger partial charge in [0.15, 0.2) is 0 Å². The number of hydrogen-bond acceptors (Lipinski definition) is 3. The van der Waals surface area contributed by atoms with E-state index >= 15 is 0 Å². The van der Waals surface area contributed by atoms with Gasteiger partial charge in [0, 0.05) is 13.5 Å². The van der Waals surface area contributed by atoms with E-state index in [1.807, 2.05) is 54.1 Å². The van der Waals surface area contributed by atoms with E-state index in [9.17, 15) is 14.7 Å². The van der Waals surface area contributed by atoms with Crippen LogP contribution in [0.2, 0.25) is 0 Å². The van der Waals surface area contributed by atoms with Gasteiger partial charge in [0.25, 0.3) is 0 Å². The number of carboxylic acids is 1. The standard InChI is InChI=1S/C17H19NO3S/c1-12(14-8-9-22-11-14)16(19)18(2)15(17(20)21)10-13-6-4-3-5-7-13/h3-9,11-12,15H,10H2,1-2H3,(H,20,21). The number of likely N-dealkylation sites (N-methyl/N-ethyl adjacent to an activating group) is 1. The molecule has 0 spiro atoms. The number of carboxylic acid groups (broad SMARTS) is 1. The molecule has 5 heteroatoms. The lowest BCUT2D eigenvalue weighted by atomic mass is 10.00. The fraction of sp³-hybridized carbons (Fsp3) is 0.294. The highest BCUT2D eigenvalue weighted by atomic mass is 32.1. The number of aliphatic carboxylic acids is 1. The van der Waals surface area contributed by atoms with Gasteiger partial charge in [0.1, 0.15) is 6.04 Å². The van der Waals surface area contributed by atoms with Crippen LogP contribution in [-0.2, 0) is 16.0 Å². The highest BCUT2D eigenvalue weighted by Crippen LogP contribution is 2.21. The second-order valence-corrected chi connectivity index (χ2v) is 6.05. The molecule has 0 radical (unpaired) electrons. The van der Waals surface area contributed by atoms with Gasteiger partial charge >= 0.3 is 5.97 Å². The average molecular weight is 317 g/mol. The number of carbonyl (C=O) groups excluding carboxylic acids is 1. The lowest BCUT2D eigenvalue weighted by Crippen LogP contribution is -2.45. The van der Waals surface area contributed by atoms with E-state index in [1.165, 1.54) is 16.2 Å². The van der Waals surface area contributed by atoms with E-state index in [4.69, 9.17) is 0 Å². The number of amides is 1. The summed E-state index contributed by atoms with van der Waals surface area (Å²) in [6.45, 7) is 1.81. The van der Waals surface area contributed by atoms with Crippen molar-refractivity contribution in [1.82, 2.24) is 4.90 Å². The molecule has 0 bridgehead atoms. The van der Waals surface area contributed by atoms with Crippen molar-refractivity contribution < 1.29 is 14.7 Å². The number of hydrogen-bond donors (Lipinski definition) is 1. The SMILES string of the molecule is CC(C(=O)N(C)C(Cc1ccccc1)C(=O)O)c1ccsc1. The minimum atomic E-state index is -0.989. The summed E-state index contributed by atoms with van der Waals surface area (Å²) in [5.74, 6) is -1.51. The molecule has 0 saturated heterocycles. The zero-order chi connectivity index (χ0) is 16.1. The first-order valence-corrected chi connectivity index (χ1v) is 8.00. The third-order valence-corrected chi connectivity index (χ3v) is 4.49. The predicted octanol–water partition coefficient (Wildman–Crippen LogP) is 3.01. The lowest BCUT2D eigenvalue weighted by molar-refractivity contribution is -0.149. The van der Waals surface area contributed by atoms with Gasteiger partial charge < -0.3 is 10.0 Å². The Balaban J connectivity index is 2.14. The van der Waals surface area contributed by atoms with Crippen molar-refractivity contribution in [1.29, 1.82) is 0 Å². The van der Waals surface area contributed by atoms with E-state index in [0.29, 0.717) is 6.42 Å². The highest BCUT2D eigenvalue weighted by Gasteiger charge is 2.30. The van der Waals surface area contributed by atoms with Crippen molar-refractivity contribution in [3.63, 3.8) is 0 Å². The van der Waals surface area contributed by atoms with Crippen LogP contribution in [0.5, 0.6) is 0 Å². The maximum atomic E-state index is 12.5. The van der Waals surface area contributed by atoms with E-state index < -0.39 is 12.0 Å². The summed E-state index contributed by atoms with van der Waals surface area (Å²) in [6, 6.07) is 10.4. The van der Waals surface area contributed by atoms with Crippen molar-refractivity contribution in [2.24, 2.45) is 0 Å². The van der Waals surface area contributed by atoms with Crippen LogP contribution in [0, 0.1) is 0 Å². The lowest BCUT2D eigenvalue weighted by Gasteiger charge is -2.27. The zero-order valence-corrected chi connectivity index (χ0v) is 13.4. The molecule has 4 nitrogen and oxygen atoms in total. The van der Waals surface area contributed by atoms with Gasteiger partial charge in [-0.2, -0.15) is 11.3 Å². The van der Waals surface area contributed by atoms with Gasteiger partial charge in [-0.05, 0) is 34.9 Å². The Hall–Kier alpha value is -2.14. The van der Waals surface area contributed by atoms with Crippen LogP contribution in [0.3, 0.4) is 0 Å². The molecule has 0 aliphatic rings. The third kappa shape index (κ3) is 3.74. The molecule has 1 aromatic carbocycles. The Morgan fingerprint density at radius 1 is 1.23 bits per heavy atom. The van der Waals surface area contributed by atoms with Crippen LogP contribution < -0.4 is 0 Å². The van der Waals surface area contributed by atoms with Crippen LogP contribution in [0.25, 0.3) is 0 Å². The van der Waals surface area contributed by atoms with Crippen LogP contribution in [0.15, 0.2) is 47.2 Å². The van der Waals surface area contributed by atoms with Gasteiger partial charge in [-0.3, -0.25) is 4.79 Å². The Labute approximate surface area is 134 Å². The van der Waals surface area contributed by atoms with Gasteiger partial charge in [0.05, 0.1) is 5.92 Å². The molecule has 2 aromatic rings. The minimum absolute atomic E-state index is 0.179. The van der Waals surface area contributed by atoms with Crippen LogP contribution in [-0.4, -0.2) is 35.0 Å². The molecule has 22 heavy (non-hydrogen) atoms. The quantitative estimate of drug-likeness (QED) is 0.891. The van der Waals surface area contributed by atoms with Gasteiger partial charge in [-0.15, -0.1) is 0 Å². The fourth-order valence-electron chi connectivity index (χ4n) is 2.35. The number of thiophene rings is 1. The largest absolute Gasteiger partial charge is 0.480 e. The van der Waals surface area contributed by atoms with Crippen molar-refractivity contribution in [2.45, 2.75) is 25.3 Å². The molecule has 0 aliphatic heterocycles. The predicted molar refractivity (Wildman–Crippen MR) is 87.1 cm³/mol. The number of nitrogens with zero attached hydrogens (tertiary/aromatic N) is 1. The molecule has 2 unspecified atom stereocenters. The maximum Gasteiger partial charge on any atom is 0.326 e. The smallest absolute Gasteiger partial charge is 0.326 e. The molecule has 2 atom stereocenters. The molecule has 0 aliphatic carbocycles. The topological polar surface area (TPSA) is 57.6 Å². The summed E-state index contributed by atoms with van der Waals surface area (Å²) < 4.78 is 0. The third-order valence-electron chi connectivity index (χ3n) is 3.79. The molecule has 0 fully saturated rings. The first-order valence-electron chi connectivity index (χ1n) is 7.06. The maximum absolute atomic E-state index is 12.5. The van der Waals surface area contributed by atoms with Crippen molar-refractivity contribution in [3.8, 4) is 0 Å². The van der Waals surface area contributed by atoms with E-state index in [-0.39, 0.29) is 11.8 Å². The normalized spacial score (nSPS) is 13.4. The molecule has 2 rings (SSSR count). The summed E-state index contributed by atoms with van der Waals surface area (Å²) in [6.07, 6.45) is 0.300. The van der Waals surface area contributed by atoms with Crippen molar-refractivity contribution in [3.05, 3.63) is 58.3 Å². The molecule has 0 saturated carbocycles. The minimum Gasteiger partial charge on any atom is -0.480 e.